The summed E-state index contributed by atoms with van der Waals surface area (Å²) in [5, 5.41) is 2.88. The van der Waals surface area contributed by atoms with E-state index in [0.717, 1.165) is 17.7 Å². The van der Waals surface area contributed by atoms with E-state index in [9.17, 15) is 13.2 Å². The van der Waals surface area contributed by atoms with E-state index in [1.54, 1.807) is 49.4 Å². The summed E-state index contributed by atoms with van der Waals surface area (Å²) in [6.07, 6.45) is 0.938. The number of hydrogen-bond donors (Lipinski definition) is 1. The van der Waals surface area contributed by atoms with Crippen LogP contribution in [0, 0.1) is 13.8 Å². The highest BCUT2D eigenvalue weighted by Gasteiger charge is 2.23. The van der Waals surface area contributed by atoms with Crippen LogP contribution < -0.4 is 9.62 Å². The molecular formula is C24H26N2O3S. The van der Waals surface area contributed by atoms with Crippen molar-refractivity contribution < 1.29 is 13.2 Å². The Morgan fingerprint density at radius 3 is 2.13 bits per heavy atom. The maximum absolute atomic E-state index is 13.0. The fourth-order valence-electron chi connectivity index (χ4n) is 3.17. The highest BCUT2D eigenvalue weighted by Crippen LogP contribution is 2.26. The van der Waals surface area contributed by atoms with Crippen LogP contribution in [-0.2, 0) is 16.4 Å². The molecule has 0 saturated heterocycles. The number of hydrogen-bond acceptors (Lipinski definition) is 3. The molecule has 0 radical (unpaired) electrons. The lowest BCUT2D eigenvalue weighted by Crippen LogP contribution is -2.27. The van der Waals surface area contributed by atoms with Gasteiger partial charge in [-0.25, -0.2) is 8.42 Å². The first kappa shape index (κ1) is 21.6. The summed E-state index contributed by atoms with van der Waals surface area (Å²) in [5.74, 6) is -0.238. The molecule has 0 heterocycles. The average Bonchev–Trinajstić information content (AvgIpc) is 2.74. The van der Waals surface area contributed by atoms with Crippen molar-refractivity contribution in [3.8, 4) is 0 Å². The van der Waals surface area contributed by atoms with E-state index in [0.29, 0.717) is 16.8 Å². The van der Waals surface area contributed by atoms with E-state index in [1.807, 2.05) is 31.2 Å². The summed E-state index contributed by atoms with van der Waals surface area (Å²) in [7, 11) is -2.17. The normalized spacial score (nSPS) is 11.2. The summed E-state index contributed by atoms with van der Waals surface area (Å²) in [5.41, 5.74) is 4.61. The molecule has 6 heteroatoms. The standard InChI is InChI=1S/C24H26N2O3S/c1-5-19-8-11-21(12-9-19)25-24(27)20-10-15-23(18(3)16-20)26(4)30(28,29)22-13-6-17(2)7-14-22/h6-16H,5H2,1-4H3,(H,25,27). The summed E-state index contributed by atoms with van der Waals surface area (Å²) in [6.45, 7) is 5.78. The number of nitrogens with one attached hydrogen (secondary N) is 1. The molecular weight excluding hydrogens is 396 g/mol. The summed E-state index contributed by atoms with van der Waals surface area (Å²) >= 11 is 0. The van der Waals surface area contributed by atoms with Gasteiger partial charge in [0.15, 0.2) is 0 Å². The molecule has 1 N–H and O–H groups in total. The van der Waals surface area contributed by atoms with Crippen LogP contribution in [0.3, 0.4) is 0 Å². The lowest BCUT2D eigenvalue weighted by Gasteiger charge is -2.22. The highest BCUT2D eigenvalue weighted by atomic mass is 32.2. The van der Waals surface area contributed by atoms with Gasteiger partial charge in [-0.2, -0.15) is 0 Å². The van der Waals surface area contributed by atoms with Gasteiger partial charge in [0, 0.05) is 18.3 Å². The fourth-order valence-corrected chi connectivity index (χ4v) is 4.43. The lowest BCUT2D eigenvalue weighted by atomic mass is 10.1. The van der Waals surface area contributed by atoms with Crippen molar-refractivity contribution in [2.75, 3.05) is 16.7 Å². The van der Waals surface area contributed by atoms with Gasteiger partial charge >= 0.3 is 0 Å². The molecule has 3 rings (SSSR count). The minimum Gasteiger partial charge on any atom is -0.322 e. The van der Waals surface area contributed by atoms with Gasteiger partial charge in [0.25, 0.3) is 15.9 Å². The van der Waals surface area contributed by atoms with E-state index in [4.69, 9.17) is 0 Å². The van der Waals surface area contributed by atoms with Crippen molar-refractivity contribution in [3.05, 3.63) is 89.0 Å². The lowest BCUT2D eigenvalue weighted by molar-refractivity contribution is 0.102. The van der Waals surface area contributed by atoms with Crippen LogP contribution >= 0.6 is 0 Å². The van der Waals surface area contributed by atoms with Crippen LogP contribution in [-0.4, -0.2) is 21.4 Å². The molecule has 0 saturated carbocycles. The van der Waals surface area contributed by atoms with Crippen molar-refractivity contribution in [3.63, 3.8) is 0 Å². The van der Waals surface area contributed by atoms with Crippen LogP contribution in [0.4, 0.5) is 11.4 Å². The van der Waals surface area contributed by atoms with Crippen LogP contribution in [0.1, 0.15) is 34.0 Å². The molecule has 0 aliphatic rings. The monoisotopic (exact) mass is 422 g/mol. The molecule has 0 atom stereocenters. The molecule has 1 amide bonds. The minimum atomic E-state index is -3.69. The van der Waals surface area contributed by atoms with Crippen LogP contribution in [0.15, 0.2) is 71.6 Å². The second-order valence-electron chi connectivity index (χ2n) is 7.29. The highest BCUT2D eigenvalue weighted by molar-refractivity contribution is 7.92. The fraction of sp³-hybridized carbons (Fsp3) is 0.208. The Hall–Kier alpha value is -3.12. The average molecular weight is 423 g/mol. The third-order valence-electron chi connectivity index (χ3n) is 5.10. The van der Waals surface area contributed by atoms with Crippen molar-refractivity contribution in [2.45, 2.75) is 32.1 Å². The first-order valence-corrected chi connectivity index (χ1v) is 11.2. The number of benzene rings is 3. The van der Waals surface area contributed by atoms with Gasteiger partial charge in [-0.15, -0.1) is 0 Å². The summed E-state index contributed by atoms with van der Waals surface area (Å²) in [4.78, 5) is 12.8. The zero-order chi connectivity index (χ0) is 21.9. The van der Waals surface area contributed by atoms with Crippen molar-refractivity contribution in [1.29, 1.82) is 0 Å². The third kappa shape index (κ3) is 4.54. The maximum atomic E-state index is 13.0. The Kier molecular flexibility index (Phi) is 6.27. The van der Waals surface area contributed by atoms with Gasteiger partial charge in [-0.1, -0.05) is 36.8 Å². The topological polar surface area (TPSA) is 66.5 Å². The molecule has 0 fully saturated rings. The third-order valence-corrected chi connectivity index (χ3v) is 6.88. The molecule has 0 aliphatic heterocycles. The van der Waals surface area contributed by atoms with Crippen LogP contribution in [0.25, 0.3) is 0 Å². The molecule has 30 heavy (non-hydrogen) atoms. The first-order chi connectivity index (χ1) is 14.2. The predicted octanol–water partition coefficient (Wildman–Crippen LogP) is 4.94. The Balaban J connectivity index is 1.81. The Labute approximate surface area is 178 Å². The Bertz CT molecular complexity index is 1150. The van der Waals surface area contributed by atoms with E-state index in [-0.39, 0.29) is 10.8 Å². The molecule has 0 aromatic heterocycles. The van der Waals surface area contributed by atoms with Gasteiger partial charge in [-0.05, 0) is 73.9 Å². The van der Waals surface area contributed by atoms with Crippen molar-refractivity contribution in [2.24, 2.45) is 0 Å². The summed E-state index contributed by atoms with van der Waals surface area (Å²) < 4.78 is 27.2. The van der Waals surface area contributed by atoms with Crippen molar-refractivity contribution in [1.82, 2.24) is 0 Å². The number of anilines is 2. The van der Waals surface area contributed by atoms with E-state index >= 15 is 0 Å². The van der Waals surface area contributed by atoms with Gasteiger partial charge in [0.1, 0.15) is 0 Å². The second-order valence-corrected chi connectivity index (χ2v) is 9.26. The van der Waals surface area contributed by atoms with E-state index < -0.39 is 10.0 Å². The number of nitrogens with zero attached hydrogens (tertiary/aromatic N) is 1. The van der Waals surface area contributed by atoms with Gasteiger partial charge in [-0.3, -0.25) is 9.10 Å². The predicted molar refractivity (Wildman–Crippen MR) is 122 cm³/mol. The van der Waals surface area contributed by atoms with Gasteiger partial charge < -0.3 is 5.32 Å². The molecule has 0 spiro atoms. The zero-order valence-corrected chi connectivity index (χ0v) is 18.5. The number of carbonyl (C=O) groups is 1. The smallest absolute Gasteiger partial charge is 0.264 e. The molecule has 156 valence electrons. The number of rotatable bonds is 6. The van der Waals surface area contributed by atoms with Crippen molar-refractivity contribution >= 4 is 27.3 Å². The molecule has 3 aromatic rings. The number of carbonyl (C=O) groups excluding carboxylic acids is 1. The molecule has 0 bridgehead atoms. The molecule has 0 unspecified atom stereocenters. The molecule has 5 nitrogen and oxygen atoms in total. The Morgan fingerprint density at radius 1 is 0.933 bits per heavy atom. The van der Waals surface area contributed by atoms with Gasteiger partial charge in [0.05, 0.1) is 10.6 Å². The quantitative estimate of drug-likeness (QED) is 0.612. The number of aryl methyl sites for hydroxylation is 3. The van der Waals surface area contributed by atoms with Gasteiger partial charge in [0.2, 0.25) is 0 Å². The number of amides is 1. The first-order valence-electron chi connectivity index (χ1n) is 9.79. The summed E-state index contributed by atoms with van der Waals surface area (Å²) in [6, 6.07) is 19.5. The zero-order valence-electron chi connectivity index (χ0n) is 17.6. The van der Waals surface area contributed by atoms with Crippen LogP contribution in [0.2, 0.25) is 0 Å². The Morgan fingerprint density at radius 2 is 1.57 bits per heavy atom. The molecule has 0 aliphatic carbocycles. The number of sulfonamides is 1. The van der Waals surface area contributed by atoms with E-state index in [2.05, 4.69) is 12.2 Å². The van der Waals surface area contributed by atoms with E-state index in [1.165, 1.54) is 16.9 Å². The van der Waals surface area contributed by atoms with Crippen LogP contribution in [0.5, 0.6) is 0 Å². The second kappa shape index (κ2) is 8.71. The largest absolute Gasteiger partial charge is 0.322 e. The molecule has 3 aromatic carbocycles. The maximum Gasteiger partial charge on any atom is 0.264 e. The minimum absolute atomic E-state index is 0.229. The SMILES string of the molecule is CCc1ccc(NC(=O)c2ccc(N(C)S(=O)(=O)c3ccc(C)cc3)c(C)c2)cc1.